The van der Waals surface area contributed by atoms with Crippen LogP contribution in [0.5, 0.6) is 11.5 Å². The maximum absolute atomic E-state index is 11.4. The first-order valence-electron chi connectivity index (χ1n) is 6.88. The monoisotopic (exact) mass is 377 g/mol. The fourth-order valence-corrected chi connectivity index (χ4v) is 4.69. The van der Waals surface area contributed by atoms with E-state index in [0.29, 0.717) is 31.1 Å². The molecule has 1 aliphatic heterocycles. The summed E-state index contributed by atoms with van der Waals surface area (Å²) in [6, 6.07) is 3.90. The topological polar surface area (TPSA) is 64.6 Å². The molecular weight excluding hydrogens is 358 g/mol. The molecule has 1 atom stereocenters. The molecule has 118 valence electrons. The summed E-state index contributed by atoms with van der Waals surface area (Å²) in [7, 11) is -1.25. The van der Waals surface area contributed by atoms with Crippen LogP contribution in [0, 0.1) is 0 Å². The van der Waals surface area contributed by atoms with E-state index in [1.807, 2.05) is 19.1 Å². The maximum Gasteiger partial charge on any atom is 0.175 e. The van der Waals surface area contributed by atoms with Crippen LogP contribution >= 0.6 is 15.9 Å². The molecule has 0 bridgehead atoms. The summed E-state index contributed by atoms with van der Waals surface area (Å²) in [5.41, 5.74) is 1.02. The Bertz CT molecular complexity index is 603. The Hall–Kier alpha value is -0.790. The lowest BCUT2D eigenvalue weighted by molar-refractivity contribution is 0.308. The first-order valence-corrected chi connectivity index (χ1v) is 9.49. The Balaban J connectivity index is 2.05. The average molecular weight is 378 g/mol. The Morgan fingerprint density at radius 1 is 1.43 bits per heavy atom. The van der Waals surface area contributed by atoms with Gasteiger partial charge < -0.3 is 14.8 Å². The lowest BCUT2D eigenvalue weighted by atomic mass is 10.1. The summed E-state index contributed by atoms with van der Waals surface area (Å²) in [5.74, 6) is 1.86. The van der Waals surface area contributed by atoms with Crippen molar-refractivity contribution in [2.24, 2.45) is 0 Å². The van der Waals surface area contributed by atoms with Gasteiger partial charge in [0.1, 0.15) is 0 Å². The van der Waals surface area contributed by atoms with Crippen LogP contribution in [0.4, 0.5) is 0 Å². The predicted octanol–water partition coefficient (Wildman–Crippen LogP) is 2.13. The minimum Gasteiger partial charge on any atom is -0.493 e. The highest BCUT2D eigenvalue weighted by Crippen LogP contribution is 2.36. The van der Waals surface area contributed by atoms with Crippen molar-refractivity contribution in [2.45, 2.75) is 25.9 Å². The summed E-state index contributed by atoms with van der Waals surface area (Å²) in [4.78, 5) is 0. The van der Waals surface area contributed by atoms with E-state index >= 15 is 0 Å². The van der Waals surface area contributed by atoms with Gasteiger partial charge in [-0.3, -0.25) is 0 Å². The smallest absolute Gasteiger partial charge is 0.175 e. The average Bonchev–Trinajstić information content (AvgIpc) is 2.78. The number of halogens is 1. The lowest BCUT2D eigenvalue weighted by Crippen LogP contribution is -2.29. The van der Waals surface area contributed by atoms with Crippen molar-refractivity contribution in [1.29, 1.82) is 0 Å². The first-order chi connectivity index (χ1) is 9.95. The number of benzene rings is 1. The zero-order valence-corrected chi connectivity index (χ0v) is 14.6. The van der Waals surface area contributed by atoms with E-state index in [9.17, 15) is 8.42 Å². The summed E-state index contributed by atoms with van der Waals surface area (Å²) < 4.78 is 34.6. The molecule has 0 aliphatic carbocycles. The molecular formula is C14H20BrNO4S. The zero-order chi connectivity index (χ0) is 15.5. The molecule has 1 N–H and O–H groups in total. The van der Waals surface area contributed by atoms with Gasteiger partial charge in [0.15, 0.2) is 21.3 Å². The molecule has 0 spiro atoms. The minimum atomic E-state index is -2.85. The number of hydrogen-bond donors (Lipinski definition) is 1. The summed E-state index contributed by atoms with van der Waals surface area (Å²) in [6.45, 7) is 3.08. The molecule has 0 radical (unpaired) electrons. The van der Waals surface area contributed by atoms with Gasteiger partial charge in [-0.2, -0.15) is 0 Å². The standard InChI is InChI=1S/C14H20BrNO4S/c1-3-20-14-12(15)6-10(7-13(14)19-2)8-16-11-4-5-21(17,18)9-11/h6-7,11,16H,3-5,8-9H2,1-2H3. The number of sulfone groups is 1. The van der Waals surface area contributed by atoms with Crippen molar-refractivity contribution >= 4 is 25.8 Å². The second-order valence-electron chi connectivity index (χ2n) is 5.02. The molecule has 2 rings (SSSR count). The summed E-state index contributed by atoms with van der Waals surface area (Å²) in [6.07, 6.45) is 0.678. The van der Waals surface area contributed by atoms with Crippen LogP contribution in [0.25, 0.3) is 0 Å². The van der Waals surface area contributed by atoms with Crippen LogP contribution in [0.1, 0.15) is 18.9 Å². The van der Waals surface area contributed by atoms with Crippen molar-refractivity contribution in [2.75, 3.05) is 25.2 Å². The summed E-state index contributed by atoms with van der Waals surface area (Å²) in [5, 5.41) is 3.29. The predicted molar refractivity (Wildman–Crippen MR) is 85.8 cm³/mol. The highest BCUT2D eigenvalue weighted by Gasteiger charge is 2.27. The third-order valence-corrected chi connectivity index (χ3v) is 5.76. The van der Waals surface area contributed by atoms with Crippen LogP contribution in [-0.4, -0.2) is 39.7 Å². The SMILES string of the molecule is CCOc1c(Br)cc(CNC2CCS(=O)(=O)C2)cc1OC. The normalized spacial score (nSPS) is 20.4. The molecule has 0 aromatic heterocycles. The van der Waals surface area contributed by atoms with E-state index in [0.717, 1.165) is 10.0 Å². The number of nitrogens with one attached hydrogen (secondary N) is 1. The summed E-state index contributed by atoms with van der Waals surface area (Å²) >= 11 is 3.48. The van der Waals surface area contributed by atoms with Crippen molar-refractivity contribution in [1.82, 2.24) is 5.32 Å². The van der Waals surface area contributed by atoms with Crippen molar-refractivity contribution in [3.05, 3.63) is 22.2 Å². The lowest BCUT2D eigenvalue weighted by Gasteiger charge is -2.15. The molecule has 0 saturated carbocycles. The van der Waals surface area contributed by atoms with Gasteiger partial charge in [0.2, 0.25) is 0 Å². The number of methoxy groups -OCH3 is 1. The van der Waals surface area contributed by atoms with E-state index in [1.54, 1.807) is 7.11 Å². The number of hydrogen-bond acceptors (Lipinski definition) is 5. The van der Waals surface area contributed by atoms with Crippen LogP contribution in [0.15, 0.2) is 16.6 Å². The van der Waals surface area contributed by atoms with Crippen molar-refractivity contribution in [3.63, 3.8) is 0 Å². The van der Waals surface area contributed by atoms with Gasteiger partial charge in [0.05, 0.1) is 29.7 Å². The highest BCUT2D eigenvalue weighted by molar-refractivity contribution is 9.10. The fourth-order valence-electron chi connectivity index (χ4n) is 2.38. The van der Waals surface area contributed by atoms with Crippen LogP contribution in [0.2, 0.25) is 0 Å². The van der Waals surface area contributed by atoms with Crippen LogP contribution in [0.3, 0.4) is 0 Å². The van der Waals surface area contributed by atoms with Crippen molar-refractivity contribution < 1.29 is 17.9 Å². The van der Waals surface area contributed by atoms with E-state index in [-0.39, 0.29) is 17.5 Å². The Labute approximate surface area is 134 Å². The molecule has 1 aromatic carbocycles. The van der Waals surface area contributed by atoms with Gasteiger partial charge >= 0.3 is 0 Å². The number of rotatable bonds is 6. The van der Waals surface area contributed by atoms with Crippen LogP contribution < -0.4 is 14.8 Å². The molecule has 7 heteroatoms. The van der Waals surface area contributed by atoms with E-state index < -0.39 is 9.84 Å². The van der Waals surface area contributed by atoms with Gasteiger partial charge in [-0.15, -0.1) is 0 Å². The van der Waals surface area contributed by atoms with Gasteiger partial charge in [0.25, 0.3) is 0 Å². The third kappa shape index (κ3) is 4.34. The first kappa shape index (κ1) is 16.6. The molecule has 1 unspecified atom stereocenters. The Kier molecular flexibility index (Phi) is 5.51. The second-order valence-corrected chi connectivity index (χ2v) is 8.11. The highest BCUT2D eigenvalue weighted by atomic mass is 79.9. The quantitative estimate of drug-likeness (QED) is 0.822. The van der Waals surface area contributed by atoms with E-state index in [4.69, 9.17) is 9.47 Å². The van der Waals surface area contributed by atoms with Gasteiger partial charge in [0, 0.05) is 12.6 Å². The largest absolute Gasteiger partial charge is 0.493 e. The van der Waals surface area contributed by atoms with E-state index in [1.165, 1.54) is 0 Å². The Morgan fingerprint density at radius 2 is 2.19 bits per heavy atom. The van der Waals surface area contributed by atoms with Gasteiger partial charge in [-0.25, -0.2) is 8.42 Å². The molecule has 5 nitrogen and oxygen atoms in total. The third-order valence-electron chi connectivity index (χ3n) is 3.41. The molecule has 1 fully saturated rings. The fraction of sp³-hybridized carbons (Fsp3) is 0.571. The minimum absolute atomic E-state index is 0.0336. The molecule has 21 heavy (non-hydrogen) atoms. The molecule has 1 aromatic rings. The van der Waals surface area contributed by atoms with Crippen molar-refractivity contribution in [3.8, 4) is 11.5 Å². The van der Waals surface area contributed by atoms with Gasteiger partial charge in [-0.1, -0.05) is 0 Å². The number of ether oxygens (including phenoxy) is 2. The maximum atomic E-state index is 11.4. The molecule has 1 heterocycles. The van der Waals surface area contributed by atoms with Crippen LogP contribution in [-0.2, 0) is 16.4 Å². The molecule has 1 saturated heterocycles. The Morgan fingerprint density at radius 3 is 2.76 bits per heavy atom. The zero-order valence-electron chi connectivity index (χ0n) is 12.2. The molecule has 1 aliphatic rings. The second kappa shape index (κ2) is 6.98. The van der Waals surface area contributed by atoms with E-state index in [2.05, 4.69) is 21.2 Å². The van der Waals surface area contributed by atoms with Gasteiger partial charge in [-0.05, 0) is 47.0 Å². The molecule has 0 amide bonds.